The average Bonchev–Trinajstić information content (AvgIpc) is 2.55. The topological polar surface area (TPSA) is 76.1 Å². The molecule has 122 valence electrons. The summed E-state index contributed by atoms with van der Waals surface area (Å²) >= 11 is 0. The summed E-state index contributed by atoms with van der Waals surface area (Å²) in [6, 6.07) is 6.40. The van der Waals surface area contributed by atoms with Gasteiger partial charge in [-0.15, -0.1) is 10.2 Å². The summed E-state index contributed by atoms with van der Waals surface area (Å²) in [6.07, 6.45) is 0.700. The third-order valence-electron chi connectivity index (χ3n) is 2.90. The molecule has 2 rings (SSSR count). The smallest absolute Gasteiger partial charge is 0.271 e. The molecule has 0 aliphatic carbocycles. The fraction of sp³-hybridized carbons (Fsp3) is 0.267. The summed E-state index contributed by atoms with van der Waals surface area (Å²) in [5.41, 5.74) is 0.494. The number of hydrogen-bond acceptors (Lipinski definition) is 5. The molecule has 0 radical (unpaired) electrons. The van der Waals surface area contributed by atoms with E-state index < -0.39 is 11.6 Å². The van der Waals surface area contributed by atoms with Crippen LogP contribution in [0.25, 0.3) is 0 Å². The first-order valence-corrected chi connectivity index (χ1v) is 6.93. The van der Waals surface area contributed by atoms with Crippen LogP contribution in [0.15, 0.2) is 30.3 Å². The van der Waals surface area contributed by atoms with Crippen LogP contribution in [-0.2, 0) is 4.74 Å². The monoisotopic (exact) mass is 322 g/mol. The van der Waals surface area contributed by atoms with Crippen molar-refractivity contribution in [1.82, 2.24) is 15.5 Å². The number of methoxy groups -OCH3 is 1. The van der Waals surface area contributed by atoms with Gasteiger partial charge in [0, 0.05) is 32.0 Å². The van der Waals surface area contributed by atoms with Crippen LogP contribution in [0.4, 0.5) is 20.3 Å². The maximum Gasteiger partial charge on any atom is 0.271 e. The average molecular weight is 322 g/mol. The Balaban J connectivity index is 1.93. The molecule has 6 nitrogen and oxygen atoms in total. The highest BCUT2D eigenvalue weighted by Crippen LogP contribution is 2.17. The zero-order chi connectivity index (χ0) is 16.7. The van der Waals surface area contributed by atoms with Gasteiger partial charge in [0.25, 0.3) is 5.91 Å². The quantitative estimate of drug-likeness (QED) is 0.765. The van der Waals surface area contributed by atoms with E-state index in [2.05, 4.69) is 20.8 Å². The summed E-state index contributed by atoms with van der Waals surface area (Å²) in [5.74, 6) is -1.92. The third kappa shape index (κ3) is 4.96. The molecule has 0 saturated heterocycles. The normalized spacial score (nSPS) is 10.4. The molecule has 0 unspecified atom stereocenters. The molecular weight excluding hydrogens is 306 g/mol. The van der Waals surface area contributed by atoms with Crippen molar-refractivity contribution in [1.29, 1.82) is 0 Å². The highest BCUT2D eigenvalue weighted by Gasteiger charge is 2.08. The predicted molar refractivity (Wildman–Crippen MR) is 80.5 cm³/mol. The Morgan fingerprint density at radius 1 is 1.17 bits per heavy atom. The van der Waals surface area contributed by atoms with Crippen molar-refractivity contribution in [3.05, 3.63) is 47.7 Å². The summed E-state index contributed by atoms with van der Waals surface area (Å²) in [5, 5.41) is 13.1. The summed E-state index contributed by atoms with van der Waals surface area (Å²) in [7, 11) is 1.59. The predicted octanol–water partition coefficient (Wildman–Crippen LogP) is 2.26. The first-order valence-electron chi connectivity index (χ1n) is 6.93. The lowest BCUT2D eigenvalue weighted by atomic mass is 10.3. The summed E-state index contributed by atoms with van der Waals surface area (Å²) in [4.78, 5) is 11.8. The number of hydrogen-bond donors (Lipinski definition) is 2. The van der Waals surface area contributed by atoms with Crippen LogP contribution in [0.5, 0.6) is 0 Å². The van der Waals surface area contributed by atoms with Crippen molar-refractivity contribution in [2.75, 3.05) is 25.6 Å². The van der Waals surface area contributed by atoms with Crippen molar-refractivity contribution < 1.29 is 18.3 Å². The summed E-state index contributed by atoms with van der Waals surface area (Å²) in [6.45, 7) is 1.03. The van der Waals surface area contributed by atoms with E-state index in [1.165, 1.54) is 18.2 Å². The Hall–Kier alpha value is -2.61. The second-order valence-electron chi connectivity index (χ2n) is 4.66. The van der Waals surface area contributed by atoms with Crippen LogP contribution in [0, 0.1) is 11.6 Å². The molecule has 23 heavy (non-hydrogen) atoms. The number of rotatable bonds is 7. The molecule has 0 aliphatic rings. The number of nitrogens with one attached hydrogen (secondary N) is 2. The number of nitrogens with zero attached hydrogens (tertiary/aromatic N) is 2. The second kappa shape index (κ2) is 8.14. The Labute approximate surface area is 131 Å². The number of carbonyl (C=O) groups is 1. The lowest BCUT2D eigenvalue weighted by Crippen LogP contribution is -2.26. The fourth-order valence-electron chi connectivity index (χ4n) is 1.75. The van der Waals surface area contributed by atoms with E-state index in [-0.39, 0.29) is 11.6 Å². The van der Waals surface area contributed by atoms with E-state index in [0.29, 0.717) is 31.1 Å². The lowest BCUT2D eigenvalue weighted by molar-refractivity contribution is 0.0942. The van der Waals surface area contributed by atoms with E-state index in [0.717, 1.165) is 12.1 Å². The van der Waals surface area contributed by atoms with Gasteiger partial charge < -0.3 is 15.4 Å². The van der Waals surface area contributed by atoms with Crippen LogP contribution in [0.1, 0.15) is 16.9 Å². The van der Waals surface area contributed by atoms with Crippen LogP contribution in [0.2, 0.25) is 0 Å². The molecule has 0 fully saturated rings. The van der Waals surface area contributed by atoms with E-state index in [1.807, 2.05) is 0 Å². The van der Waals surface area contributed by atoms with Gasteiger partial charge in [0.05, 0.1) is 0 Å². The van der Waals surface area contributed by atoms with Gasteiger partial charge >= 0.3 is 0 Å². The zero-order valence-electron chi connectivity index (χ0n) is 12.5. The van der Waals surface area contributed by atoms with Crippen LogP contribution >= 0.6 is 0 Å². The molecule has 1 aromatic carbocycles. The second-order valence-corrected chi connectivity index (χ2v) is 4.66. The van der Waals surface area contributed by atoms with Crippen molar-refractivity contribution in [2.24, 2.45) is 0 Å². The maximum atomic E-state index is 13.1. The molecule has 0 atom stereocenters. The SMILES string of the molecule is COCCCNC(=O)c1ccc(Nc2ccc(F)c(F)c2)nn1. The Bertz CT molecular complexity index is 665. The molecule has 1 heterocycles. The third-order valence-corrected chi connectivity index (χ3v) is 2.90. The van der Waals surface area contributed by atoms with E-state index >= 15 is 0 Å². The van der Waals surface area contributed by atoms with Gasteiger partial charge in [0.2, 0.25) is 0 Å². The number of anilines is 2. The number of halogens is 2. The van der Waals surface area contributed by atoms with Crippen molar-refractivity contribution >= 4 is 17.4 Å². The molecule has 0 bridgehead atoms. The maximum absolute atomic E-state index is 13.1. The molecule has 0 saturated carbocycles. The largest absolute Gasteiger partial charge is 0.385 e. The number of amides is 1. The highest BCUT2D eigenvalue weighted by atomic mass is 19.2. The number of carbonyl (C=O) groups excluding carboxylic acids is 1. The molecule has 2 N–H and O–H groups in total. The van der Waals surface area contributed by atoms with E-state index in [1.54, 1.807) is 7.11 Å². The first-order chi connectivity index (χ1) is 11.1. The van der Waals surface area contributed by atoms with Crippen LogP contribution in [-0.4, -0.2) is 36.4 Å². The van der Waals surface area contributed by atoms with E-state index in [4.69, 9.17) is 4.74 Å². The Morgan fingerprint density at radius 2 is 2.00 bits per heavy atom. The minimum absolute atomic E-state index is 0.165. The molecular formula is C15H16F2N4O2. The van der Waals surface area contributed by atoms with Gasteiger partial charge in [0.15, 0.2) is 23.1 Å². The minimum atomic E-state index is -0.963. The van der Waals surface area contributed by atoms with Gasteiger partial charge in [-0.3, -0.25) is 4.79 Å². The molecule has 2 aromatic rings. The van der Waals surface area contributed by atoms with Gasteiger partial charge in [-0.25, -0.2) is 8.78 Å². The van der Waals surface area contributed by atoms with Gasteiger partial charge in [0.1, 0.15) is 0 Å². The summed E-state index contributed by atoms with van der Waals surface area (Å²) < 4.78 is 30.8. The minimum Gasteiger partial charge on any atom is -0.385 e. The van der Waals surface area contributed by atoms with Gasteiger partial charge in [-0.05, 0) is 30.7 Å². The standard InChI is InChI=1S/C15H16F2N4O2/c1-23-8-2-7-18-15(22)13-5-6-14(21-20-13)19-10-3-4-11(16)12(17)9-10/h3-6,9H,2,7-8H2,1H3,(H,18,22)(H,19,21). The Kier molecular flexibility index (Phi) is 5.93. The fourth-order valence-corrected chi connectivity index (χ4v) is 1.75. The number of benzene rings is 1. The number of aromatic nitrogens is 2. The van der Waals surface area contributed by atoms with Crippen LogP contribution < -0.4 is 10.6 Å². The molecule has 0 aliphatic heterocycles. The Morgan fingerprint density at radius 3 is 2.65 bits per heavy atom. The lowest BCUT2D eigenvalue weighted by Gasteiger charge is -2.07. The zero-order valence-corrected chi connectivity index (χ0v) is 12.5. The van der Waals surface area contributed by atoms with Crippen molar-refractivity contribution in [3.8, 4) is 0 Å². The van der Waals surface area contributed by atoms with Gasteiger partial charge in [-0.2, -0.15) is 0 Å². The van der Waals surface area contributed by atoms with Gasteiger partial charge in [-0.1, -0.05) is 0 Å². The molecule has 8 heteroatoms. The van der Waals surface area contributed by atoms with E-state index in [9.17, 15) is 13.6 Å². The molecule has 1 aromatic heterocycles. The van der Waals surface area contributed by atoms with Crippen LogP contribution in [0.3, 0.4) is 0 Å². The molecule has 1 amide bonds. The highest BCUT2D eigenvalue weighted by molar-refractivity contribution is 5.92. The molecule has 0 spiro atoms. The van der Waals surface area contributed by atoms with Crippen molar-refractivity contribution in [2.45, 2.75) is 6.42 Å². The van der Waals surface area contributed by atoms with Crippen molar-refractivity contribution in [3.63, 3.8) is 0 Å². The first kappa shape index (κ1) is 16.8. The number of ether oxygens (including phenoxy) is 1.